The molecular weight excluding hydrogens is 250 g/mol. The number of nitrogens with zero attached hydrogens (tertiary/aromatic N) is 2. The summed E-state index contributed by atoms with van der Waals surface area (Å²) < 4.78 is 7.57. The maximum Gasteiger partial charge on any atom is 0.0594 e. The molecule has 1 unspecified atom stereocenters. The van der Waals surface area contributed by atoms with Crippen LogP contribution in [-0.2, 0) is 18.3 Å². The Labute approximate surface area is 123 Å². The highest BCUT2D eigenvalue weighted by Crippen LogP contribution is 2.13. The summed E-state index contributed by atoms with van der Waals surface area (Å²) in [5, 5.41) is 3.62. The van der Waals surface area contributed by atoms with Crippen molar-refractivity contribution < 1.29 is 4.74 Å². The molecule has 1 saturated heterocycles. The second kappa shape index (κ2) is 7.81. The quantitative estimate of drug-likeness (QED) is 0.826. The first-order valence-electron chi connectivity index (χ1n) is 7.78. The summed E-state index contributed by atoms with van der Waals surface area (Å²) in [6, 6.07) is 2.81. The summed E-state index contributed by atoms with van der Waals surface area (Å²) in [6.07, 6.45) is 5.53. The fraction of sp³-hybridized carbons (Fsp3) is 0.750. The highest BCUT2D eigenvalue weighted by Gasteiger charge is 2.21. The fourth-order valence-corrected chi connectivity index (χ4v) is 2.90. The monoisotopic (exact) mass is 279 g/mol. The van der Waals surface area contributed by atoms with Crippen molar-refractivity contribution in [2.45, 2.75) is 32.9 Å². The van der Waals surface area contributed by atoms with Crippen molar-refractivity contribution in [3.05, 3.63) is 24.0 Å². The summed E-state index contributed by atoms with van der Waals surface area (Å²) in [7, 11) is 2.07. The lowest BCUT2D eigenvalue weighted by atomic mass is 10.0. The molecule has 1 aliphatic heterocycles. The fourth-order valence-electron chi connectivity index (χ4n) is 2.90. The number of aryl methyl sites for hydroxylation is 1. The van der Waals surface area contributed by atoms with Crippen molar-refractivity contribution >= 4 is 0 Å². The number of hydrogen-bond acceptors (Lipinski definition) is 3. The Balaban J connectivity index is 1.80. The molecule has 1 atom stereocenters. The van der Waals surface area contributed by atoms with Crippen LogP contribution in [-0.4, -0.2) is 48.4 Å². The van der Waals surface area contributed by atoms with E-state index in [0.29, 0.717) is 6.04 Å². The Kier molecular flexibility index (Phi) is 6.07. The Morgan fingerprint density at radius 2 is 2.05 bits per heavy atom. The molecule has 4 nitrogen and oxygen atoms in total. The first-order chi connectivity index (χ1) is 9.65. The van der Waals surface area contributed by atoms with E-state index in [4.69, 9.17) is 4.74 Å². The van der Waals surface area contributed by atoms with Crippen molar-refractivity contribution in [3.8, 4) is 0 Å². The van der Waals surface area contributed by atoms with E-state index in [1.165, 1.54) is 12.0 Å². The van der Waals surface area contributed by atoms with E-state index in [1.54, 1.807) is 0 Å². The first-order valence-corrected chi connectivity index (χ1v) is 7.78. The number of ether oxygens (including phenoxy) is 1. The average Bonchev–Trinajstić information content (AvgIpc) is 2.84. The van der Waals surface area contributed by atoms with Crippen LogP contribution in [0.1, 0.15) is 25.8 Å². The van der Waals surface area contributed by atoms with Crippen LogP contribution in [0.25, 0.3) is 0 Å². The normalized spacial score (nSPS) is 18.6. The van der Waals surface area contributed by atoms with Crippen LogP contribution < -0.4 is 5.32 Å². The summed E-state index contributed by atoms with van der Waals surface area (Å²) >= 11 is 0. The third-order valence-corrected chi connectivity index (χ3v) is 3.91. The molecule has 20 heavy (non-hydrogen) atoms. The Morgan fingerprint density at radius 3 is 2.65 bits per heavy atom. The van der Waals surface area contributed by atoms with Gasteiger partial charge in [0.2, 0.25) is 0 Å². The maximum absolute atomic E-state index is 5.47. The second-order valence-corrected chi connectivity index (χ2v) is 6.25. The Hall–Kier alpha value is -0.840. The zero-order chi connectivity index (χ0) is 14.4. The summed E-state index contributed by atoms with van der Waals surface area (Å²) in [5.74, 6) is 0.737. The van der Waals surface area contributed by atoms with Gasteiger partial charge in [-0.3, -0.25) is 4.90 Å². The standard InChI is InChI=1S/C16H29N3O/c1-14(2)10-16(19-6-8-20-9-7-19)12-17-11-15-4-5-18(3)13-15/h4-5,13-14,16-17H,6-12H2,1-3H3. The molecule has 4 heteroatoms. The van der Waals surface area contributed by atoms with Crippen molar-refractivity contribution in [2.24, 2.45) is 13.0 Å². The molecule has 0 radical (unpaired) electrons. The molecule has 1 N–H and O–H groups in total. The predicted octanol–water partition coefficient (Wildman–Crippen LogP) is 1.86. The summed E-state index contributed by atoms with van der Waals surface area (Å²) in [5.41, 5.74) is 1.36. The Bertz CT molecular complexity index is 383. The molecule has 1 fully saturated rings. The third-order valence-electron chi connectivity index (χ3n) is 3.91. The van der Waals surface area contributed by atoms with E-state index in [-0.39, 0.29) is 0 Å². The van der Waals surface area contributed by atoms with Crippen molar-refractivity contribution in [1.82, 2.24) is 14.8 Å². The predicted molar refractivity (Wildman–Crippen MR) is 82.8 cm³/mol. The summed E-state index contributed by atoms with van der Waals surface area (Å²) in [4.78, 5) is 2.58. The van der Waals surface area contributed by atoms with Crippen molar-refractivity contribution in [2.75, 3.05) is 32.8 Å². The van der Waals surface area contributed by atoms with Crippen molar-refractivity contribution in [1.29, 1.82) is 0 Å². The molecule has 0 spiro atoms. The molecule has 0 bridgehead atoms. The van der Waals surface area contributed by atoms with E-state index >= 15 is 0 Å². The van der Waals surface area contributed by atoms with E-state index in [0.717, 1.165) is 45.3 Å². The molecule has 2 rings (SSSR count). The van der Waals surface area contributed by atoms with Gasteiger partial charge in [-0.15, -0.1) is 0 Å². The van der Waals surface area contributed by atoms with Crippen LogP contribution in [0.4, 0.5) is 0 Å². The topological polar surface area (TPSA) is 29.4 Å². The van der Waals surface area contributed by atoms with Gasteiger partial charge in [-0.05, 0) is 24.0 Å². The van der Waals surface area contributed by atoms with Crippen LogP contribution in [0.15, 0.2) is 18.5 Å². The Morgan fingerprint density at radius 1 is 1.30 bits per heavy atom. The smallest absolute Gasteiger partial charge is 0.0594 e. The van der Waals surface area contributed by atoms with E-state index < -0.39 is 0 Å². The first kappa shape index (κ1) is 15.5. The maximum atomic E-state index is 5.47. The van der Waals surface area contributed by atoms with Gasteiger partial charge in [0.15, 0.2) is 0 Å². The molecule has 2 heterocycles. The minimum atomic E-state index is 0.627. The van der Waals surface area contributed by atoms with Gasteiger partial charge in [-0.25, -0.2) is 0 Å². The van der Waals surface area contributed by atoms with Crippen LogP contribution in [0.2, 0.25) is 0 Å². The van der Waals surface area contributed by atoms with Gasteiger partial charge in [0.25, 0.3) is 0 Å². The van der Waals surface area contributed by atoms with Crippen LogP contribution >= 0.6 is 0 Å². The molecule has 1 aromatic rings. The third kappa shape index (κ3) is 4.93. The van der Waals surface area contributed by atoms with Gasteiger partial charge >= 0.3 is 0 Å². The molecule has 0 saturated carbocycles. The van der Waals surface area contributed by atoms with E-state index in [2.05, 4.69) is 54.1 Å². The van der Waals surface area contributed by atoms with Gasteiger partial charge in [0.1, 0.15) is 0 Å². The molecule has 0 amide bonds. The van der Waals surface area contributed by atoms with Gasteiger partial charge in [0.05, 0.1) is 13.2 Å². The van der Waals surface area contributed by atoms with Crippen LogP contribution in [0, 0.1) is 5.92 Å². The molecule has 1 aromatic heterocycles. The lowest BCUT2D eigenvalue weighted by molar-refractivity contribution is 0.0123. The van der Waals surface area contributed by atoms with E-state index in [9.17, 15) is 0 Å². The van der Waals surface area contributed by atoms with E-state index in [1.807, 2.05) is 0 Å². The minimum Gasteiger partial charge on any atom is -0.379 e. The lowest BCUT2D eigenvalue weighted by Gasteiger charge is -2.35. The van der Waals surface area contributed by atoms with Gasteiger partial charge < -0.3 is 14.6 Å². The van der Waals surface area contributed by atoms with Gasteiger partial charge in [-0.1, -0.05) is 13.8 Å². The number of aromatic nitrogens is 1. The summed E-state index contributed by atoms with van der Waals surface area (Å²) in [6.45, 7) is 10.6. The van der Waals surface area contributed by atoms with Crippen molar-refractivity contribution in [3.63, 3.8) is 0 Å². The zero-order valence-corrected chi connectivity index (χ0v) is 13.1. The molecule has 0 aliphatic carbocycles. The SMILES string of the molecule is CC(C)CC(CNCc1ccn(C)c1)N1CCOCC1. The highest BCUT2D eigenvalue weighted by atomic mass is 16.5. The zero-order valence-electron chi connectivity index (χ0n) is 13.1. The molecule has 114 valence electrons. The highest BCUT2D eigenvalue weighted by molar-refractivity contribution is 5.09. The molecule has 0 aromatic carbocycles. The number of morpholine rings is 1. The minimum absolute atomic E-state index is 0.627. The average molecular weight is 279 g/mol. The number of nitrogens with one attached hydrogen (secondary N) is 1. The van der Waals surface area contributed by atoms with Crippen LogP contribution in [0.5, 0.6) is 0 Å². The largest absolute Gasteiger partial charge is 0.379 e. The number of rotatable bonds is 7. The van der Waals surface area contributed by atoms with Crippen LogP contribution in [0.3, 0.4) is 0 Å². The van der Waals surface area contributed by atoms with Gasteiger partial charge in [0, 0.05) is 51.7 Å². The molecular formula is C16H29N3O. The second-order valence-electron chi connectivity index (χ2n) is 6.25. The van der Waals surface area contributed by atoms with Gasteiger partial charge in [-0.2, -0.15) is 0 Å². The lowest BCUT2D eigenvalue weighted by Crippen LogP contribution is -2.48. The molecule has 1 aliphatic rings. The number of hydrogen-bond donors (Lipinski definition) is 1.